The van der Waals surface area contributed by atoms with Crippen LogP contribution in [0.3, 0.4) is 0 Å². The van der Waals surface area contributed by atoms with E-state index in [1.54, 1.807) is 23.5 Å². The number of aromatic nitrogens is 2. The molecule has 3 aromatic rings. The predicted molar refractivity (Wildman–Crippen MR) is 123 cm³/mol. The van der Waals surface area contributed by atoms with Gasteiger partial charge in [0.2, 0.25) is 0 Å². The van der Waals surface area contributed by atoms with Gasteiger partial charge in [0.1, 0.15) is 5.69 Å². The van der Waals surface area contributed by atoms with E-state index >= 15 is 0 Å². The average Bonchev–Trinajstić information content (AvgIpc) is 3.11. The van der Waals surface area contributed by atoms with Gasteiger partial charge in [-0.15, -0.1) is 11.3 Å². The number of anilines is 1. The van der Waals surface area contributed by atoms with Gasteiger partial charge in [-0.25, -0.2) is 9.97 Å². The number of halogens is 2. The van der Waals surface area contributed by atoms with E-state index in [1.165, 1.54) is 4.88 Å². The first-order valence-corrected chi connectivity index (χ1v) is 11.3. The molecule has 2 aromatic heterocycles. The third-order valence-electron chi connectivity index (χ3n) is 4.77. The van der Waals surface area contributed by atoms with E-state index in [4.69, 9.17) is 33.2 Å². The Labute approximate surface area is 180 Å². The quantitative estimate of drug-likeness (QED) is 0.388. The lowest BCUT2D eigenvalue weighted by atomic mass is 10.2. The highest BCUT2D eigenvalue weighted by molar-refractivity contribution is 7.15. The summed E-state index contributed by atoms with van der Waals surface area (Å²) in [5.41, 5.74) is 2.37. The number of nitrogens with zero attached hydrogens (tertiary/aromatic N) is 3. The number of benzene rings is 1. The molecule has 3 rings (SSSR count). The van der Waals surface area contributed by atoms with E-state index in [0.29, 0.717) is 10.0 Å². The molecular weight excluding hydrogens is 411 g/mol. The minimum absolute atomic E-state index is 0.494. The van der Waals surface area contributed by atoms with Gasteiger partial charge in [-0.3, -0.25) is 0 Å². The van der Waals surface area contributed by atoms with Gasteiger partial charge in [0.15, 0.2) is 5.82 Å². The molecule has 2 heterocycles. The second kappa shape index (κ2) is 9.88. The summed E-state index contributed by atoms with van der Waals surface area (Å²) in [4.78, 5) is 14.4. The highest BCUT2D eigenvalue weighted by atomic mass is 35.5. The van der Waals surface area contributed by atoms with Crippen molar-refractivity contribution in [3.63, 3.8) is 0 Å². The second-order valence-corrected chi connectivity index (χ2v) is 8.85. The molecule has 0 radical (unpaired) electrons. The highest BCUT2D eigenvalue weighted by Crippen LogP contribution is 2.34. The summed E-state index contributed by atoms with van der Waals surface area (Å²) in [6, 6.07) is 7.76. The lowest BCUT2D eigenvalue weighted by Gasteiger charge is -2.17. The number of unbranched alkanes of at least 4 members (excludes halogenated alkanes) is 1. The van der Waals surface area contributed by atoms with Gasteiger partial charge in [0, 0.05) is 11.4 Å². The topological polar surface area (TPSA) is 41.0 Å². The first kappa shape index (κ1) is 21.3. The molecule has 150 valence electrons. The van der Waals surface area contributed by atoms with Crippen molar-refractivity contribution in [2.24, 2.45) is 0 Å². The molecule has 0 bridgehead atoms. The van der Waals surface area contributed by atoms with Gasteiger partial charge in [-0.2, -0.15) is 0 Å². The number of fused-ring (bicyclic) bond motifs is 1. The van der Waals surface area contributed by atoms with Crippen LogP contribution < -0.4 is 5.32 Å². The van der Waals surface area contributed by atoms with Crippen molar-refractivity contribution in [3.05, 3.63) is 39.2 Å². The van der Waals surface area contributed by atoms with Gasteiger partial charge in [-0.1, -0.05) is 37.0 Å². The maximum atomic E-state index is 6.18. The van der Waals surface area contributed by atoms with E-state index in [-0.39, 0.29) is 0 Å². The minimum Gasteiger partial charge on any atom is -0.368 e. The van der Waals surface area contributed by atoms with Crippen LogP contribution in [0.5, 0.6) is 0 Å². The SMILES string of the molecule is CCN(CC)CCCCNc1nc2cc(Cl)c(Cl)cc2nc1-c1ccc(C)s1. The molecule has 0 fully saturated rings. The number of hydrogen-bond acceptors (Lipinski definition) is 5. The van der Waals surface area contributed by atoms with E-state index in [0.717, 1.165) is 66.4 Å². The molecule has 0 saturated carbocycles. The molecule has 0 spiro atoms. The van der Waals surface area contributed by atoms with Gasteiger partial charge >= 0.3 is 0 Å². The van der Waals surface area contributed by atoms with Crippen LogP contribution in [0, 0.1) is 6.92 Å². The third-order valence-corrected chi connectivity index (χ3v) is 6.50. The van der Waals surface area contributed by atoms with E-state index in [2.05, 4.69) is 43.1 Å². The van der Waals surface area contributed by atoms with Gasteiger partial charge < -0.3 is 10.2 Å². The standard InChI is InChI=1S/C21H26Cl2N4S/c1-4-27(5-2)11-7-6-10-24-21-20(19-9-8-14(3)28-19)25-17-12-15(22)16(23)13-18(17)26-21/h8-9,12-13H,4-7,10-11H2,1-3H3,(H,24,26). The number of thiophene rings is 1. The average molecular weight is 437 g/mol. The molecule has 0 aliphatic heterocycles. The summed E-state index contributed by atoms with van der Waals surface area (Å²) >= 11 is 14.1. The van der Waals surface area contributed by atoms with Crippen LogP contribution in [0.1, 0.15) is 31.6 Å². The molecule has 7 heteroatoms. The fourth-order valence-corrected chi connectivity index (χ4v) is 4.29. The second-order valence-electron chi connectivity index (χ2n) is 6.75. The maximum absolute atomic E-state index is 6.18. The molecule has 0 aliphatic carbocycles. The van der Waals surface area contributed by atoms with Crippen LogP contribution in [0.25, 0.3) is 21.6 Å². The predicted octanol–water partition coefficient (Wildman–Crippen LogP) is 6.51. The van der Waals surface area contributed by atoms with Crippen molar-refractivity contribution in [3.8, 4) is 10.6 Å². The summed E-state index contributed by atoms with van der Waals surface area (Å²) in [6.45, 7) is 10.7. The zero-order chi connectivity index (χ0) is 20.1. The van der Waals surface area contributed by atoms with Crippen LogP contribution >= 0.6 is 34.5 Å². The van der Waals surface area contributed by atoms with Crippen LogP contribution in [0.4, 0.5) is 5.82 Å². The smallest absolute Gasteiger partial charge is 0.154 e. The number of aryl methyl sites for hydroxylation is 1. The molecule has 0 saturated heterocycles. The first-order chi connectivity index (χ1) is 13.5. The molecule has 0 amide bonds. The maximum Gasteiger partial charge on any atom is 0.154 e. The van der Waals surface area contributed by atoms with Gasteiger partial charge in [0.25, 0.3) is 0 Å². The summed E-state index contributed by atoms with van der Waals surface area (Å²) in [6.07, 6.45) is 2.24. The fraction of sp³-hybridized carbons (Fsp3) is 0.429. The first-order valence-electron chi connectivity index (χ1n) is 9.71. The molecule has 0 atom stereocenters. The van der Waals surface area contributed by atoms with Gasteiger partial charge in [0.05, 0.1) is 26.0 Å². The highest BCUT2D eigenvalue weighted by Gasteiger charge is 2.14. The summed E-state index contributed by atoms with van der Waals surface area (Å²) in [5, 5.41) is 4.48. The Kier molecular flexibility index (Phi) is 7.52. The van der Waals surface area contributed by atoms with E-state index in [9.17, 15) is 0 Å². The Hall–Kier alpha value is -1.40. The Morgan fingerprint density at radius 1 is 1.00 bits per heavy atom. The van der Waals surface area contributed by atoms with Crippen molar-refractivity contribution in [2.45, 2.75) is 33.6 Å². The number of rotatable bonds is 9. The normalized spacial score (nSPS) is 11.5. The molecular formula is C21H26Cl2N4S. The number of nitrogens with one attached hydrogen (secondary N) is 1. The Morgan fingerprint density at radius 2 is 1.68 bits per heavy atom. The van der Waals surface area contributed by atoms with Crippen molar-refractivity contribution >= 4 is 51.4 Å². The van der Waals surface area contributed by atoms with Crippen molar-refractivity contribution in [1.82, 2.24) is 14.9 Å². The van der Waals surface area contributed by atoms with Crippen molar-refractivity contribution in [1.29, 1.82) is 0 Å². The van der Waals surface area contributed by atoms with Crippen molar-refractivity contribution in [2.75, 3.05) is 31.5 Å². The van der Waals surface area contributed by atoms with Crippen LogP contribution in [0.2, 0.25) is 10.0 Å². The lowest BCUT2D eigenvalue weighted by molar-refractivity contribution is 0.298. The monoisotopic (exact) mass is 436 g/mol. The molecule has 4 nitrogen and oxygen atoms in total. The Balaban J connectivity index is 1.81. The molecule has 0 unspecified atom stereocenters. The Bertz CT molecular complexity index is 938. The Morgan fingerprint density at radius 3 is 2.29 bits per heavy atom. The van der Waals surface area contributed by atoms with E-state index < -0.39 is 0 Å². The lowest BCUT2D eigenvalue weighted by Crippen LogP contribution is -2.24. The fourth-order valence-electron chi connectivity index (χ4n) is 3.12. The summed E-state index contributed by atoms with van der Waals surface area (Å²) in [7, 11) is 0. The zero-order valence-corrected chi connectivity index (χ0v) is 18.9. The van der Waals surface area contributed by atoms with Crippen LogP contribution in [0.15, 0.2) is 24.3 Å². The largest absolute Gasteiger partial charge is 0.368 e. The molecule has 1 aromatic carbocycles. The third kappa shape index (κ3) is 5.15. The zero-order valence-electron chi connectivity index (χ0n) is 16.6. The summed E-state index contributed by atoms with van der Waals surface area (Å²) in [5.74, 6) is 0.801. The summed E-state index contributed by atoms with van der Waals surface area (Å²) < 4.78 is 0. The van der Waals surface area contributed by atoms with Crippen LogP contribution in [-0.2, 0) is 0 Å². The van der Waals surface area contributed by atoms with E-state index in [1.807, 2.05) is 0 Å². The van der Waals surface area contributed by atoms with Crippen LogP contribution in [-0.4, -0.2) is 41.0 Å². The molecule has 28 heavy (non-hydrogen) atoms. The minimum atomic E-state index is 0.494. The van der Waals surface area contributed by atoms with Crippen molar-refractivity contribution < 1.29 is 0 Å². The van der Waals surface area contributed by atoms with Gasteiger partial charge in [-0.05, 0) is 63.7 Å². The molecule has 1 N–H and O–H groups in total. The molecule has 0 aliphatic rings. The number of hydrogen-bond donors (Lipinski definition) is 1.